The summed E-state index contributed by atoms with van der Waals surface area (Å²) in [6.45, 7) is 5.73. The third-order valence-corrected chi connectivity index (χ3v) is 6.38. The van der Waals surface area contributed by atoms with Crippen molar-refractivity contribution >= 4 is 34.8 Å². The topological polar surface area (TPSA) is 43.9 Å². The highest BCUT2D eigenvalue weighted by Gasteiger charge is 2.63. The molecule has 5 nitrogen and oxygen atoms in total. The second-order valence-corrected chi connectivity index (χ2v) is 7.37. The highest BCUT2D eigenvalue weighted by Crippen LogP contribution is 2.49. The number of carbonyl (C=O) groups excluding carboxylic acids is 2. The number of anilines is 1. The fourth-order valence-corrected chi connectivity index (χ4v) is 5.24. The summed E-state index contributed by atoms with van der Waals surface area (Å²) in [7, 11) is 0. The van der Waals surface area contributed by atoms with Crippen molar-refractivity contribution in [1.29, 1.82) is 0 Å². The Hall–Kier alpha value is -1.95. The van der Waals surface area contributed by atoms with E-state index in [1.54, 1.807) is 9.80 Å². The van der Waals surface area contributed by atoms with E-state index in [1.165, 1.54) is 5.69 Å². The van der Waals surface area contributed by atoms with Crippen LogP contribution in [0.5, 0.6) is 0 Å². The highest BCUT2D eigenvalue weighted by atomic mass is 32.1. The Morgan fingerprint density at radius 2 is 1.76 bits per heavy atom. The van der Waals surface area contributed by atoms with Gasteiger partial charge in [-0.2, -0.15) is 0 Å². The maximum Gasteiger partial charge on any atom is 0.246 e. The molecule has 0 radical (unpaired) electrons. The second-order valence-electron chi connectivity index (χ2n) is 7.01. The predicted octanol–water partition coefficient (Wildman–Crippen LogP) is 2.19. The maximum absolute atomic E-state index is 13.5. The molecule has 3 heterocycles. The number of hydrogen-bond acceptors (Lipinski definition) is 4. The Morgan fingerprint density at radius 3 is 2.40 bits per heavy atom. The van der Waals surface area contributed by atoms with Crippen LogP contribution in [0.4, 0.5) is 5.69 Å². The minimum Gasteiger partial charge on any atom is -0.367 e. The van der Waals surface area contributed by atoms with Crippen LogP contribution >= 0.6 is 12.2 Å². The van der Waals surface area contributed by atoms with Crippen molar-refractivity contribution in [2.45, 2.75) is 39.2 Å². The number of benzene rings is 1. The lowest BCUT2D eigenvalue weighted by Gasteiger charge is -2.52. The Balaban J connectivity index is 1.91. The fraction of sp³-hybridized carbons (Fsp3) is 0.526. The van der Waals surface area contributed by atoms with E-state index >= 15 is 0 Å². The molecule has 1 atom stereocenters. The van der Waals surface area contributed by atoms with Gasteiger partial charge in [0.1, 0.15) is 0 Å². The summed E-state index contributed by atoms with van der Waals surface area (Å²) in [6.07, 6.45) is 2.34. The number of amides is 2. The van der Waals surface area contributed by atoms with Crippen LogP contribution in [0.15, 0.2) is 24.3 Å². The van der Waals surface area contributed by atoms with Gasteiger partial charge in [0.2, 0.25) is 11.8 Å². The zero-order chi connectivity index (χ0) is 17.8. The van der Waals surface area contributed by atoms with Crippen LogP contribution in [-0.2, 0) is 16.0 Å². The molecule has 3 aliphatic rings. The number of hydrogen-bond donors (Lipinski definition) is 0. The summed E-state index contributed by atoms with van der Waals surface area (Å²) in [5.74, 6) is -0.220. The predicted molar refractivity (Wildman–Crippen MR) is 100 cm³/mol. The summed E-state index contributed by atoms with van der Waals surface area (Å²) in [5, 5.41) is 0.356. The van der Waals surface area contributed by atoms with Gasteiger partial charge in [0.15, 0.2) is 10.5 Å². The van der Waals surface area contributed by atoms with Crippen LogP contribution < -0.4 is 4.90 Å². The van der Waals surface area contributed by atoms with Gasteiger partial charge in [-0.25, -0.2) is 0 Å². The average molecular weight is 357 g/mol. The maximum atomic E-state index is 13.5. The van der Waals surface area contributed by atoms with Crippen LogP contribution in [0.25, 0.3) is 0 Å². The molecule has 0 unspecified atom stereocenters. The summed E-state index contributed by atoms with van der Waals surface area (Å²) in [4.78, 5) is 32.6. The molecule has 0 aromatic heterocycles. The van der Waals surface area contributed by atoms with Crippen LogP contribution in [0.2, 0.25) is 0 Å². The first-order valence-electron chi connectivity index (χ1n) is 9.08. The van der Waals surface area contributed by atoms with Crippen molar-refractivity contribution in [3.63, 3.8) is 0 Å². The van der Waals surface area contributed by atoms with Gasteiger partial charge >= 0.3 is 0 Å². The molecule has 25 heavy (non-hydrogen) atoms. The zero-order valence-corrected chi connectivity index (χ0v) is 15.5. The SMILES string of the molecule is CCN1C(=O)C2(Cc3ccccc3N3CCC[C@@H]32)C(=O)N(CC)C1=S. The lowest BCUT2D eigenvalue weighted by Crippen LogP contribution is -2.71. The Labute approximate surface area is 153 Å². The van der Waals surface area contributed by atoms with Gasteiger partial charge in [-0.3, -0.25) is 19.4 Å². The summed E-state index contributed by atoms with van der Waals surface area (Å²) in [6, 6.07) is 8.10. The second kappa shape index (κ2) is 5.80. The third-order valence-electron chi connectivity index (χ3n) is 5.94. The van der Waals surface area contributed by atoms with Gasteiger partial charge in [0.25, 0.3) is 0 Å². The molecular weight excluding hydrogens is 334 g/mol. The number of nitrogens with zero attached hydrogens (tertiary/aromatic N) is 3. The molecule has 1 spiro atoms. The summed E-state index contributed by atoms with van der Waals surface area (Å²) < 4.78 is 0. The van der Waals surface area contributed by atoms with E-state index < -0.39 is 5.41 Å². The van der Waals surface area contributed by atoms with E-state index in [4.69, 9.17) is 12.2 Å². The van der Waals surface area contributed by atoms with Crippen LogP contribution in [0.3, 0.4) is 0 Å². The molecule has 6 heteroatoms. The molecule has 2 fully saturated rings. The molecule has 4 rings (SSSR count). The summed E-state index contributed by atoms with van der Waals surface area (Å²) >= 11 is 5.45. The van der Waals surface area contributed by atoms with Crippen LogP contribution in [0, 0.1) is 5.41 Å². The third kappa shape index (κ3) is 2.03. The molecular formula is C19H23N3O2S. The van der Waals surface area contributed by atoms with Crippen molar-refractivity contribution < 1.29 is 9.59 Å². The number of fused-ring (bicyclic) bond motifs is 4. The van der Waals surface area contributed by atoms with Gasteiger partial charge in [-0.1, -0.05) is 18.2 Å². The molecule has 2 saturated heterocycles. The monoisotopic (exact) mass is 357 g/mol. The number of thiocarbonyl (C=S) groups is 1. The van der Waals surface area contributed by atoms with E-state index in [0.717, 1.165) is 24.9 Å². The molecule has 1 aromatic carbocycles. The molecule has 1 aromatic rings. The molecule has 0 saturated carbocycles. The average Bonchev–Trinajstić information content (AvgIpc) is 3.11. The Bertz CT molecular complexity index is 737. The standard InChI is InChI=1S/C19H23N3O2S/c1-3-20-16(23)19(17(24)21(4-2)18(20)25)12-13-8-5-6-9-14(13)22-11-7-10-15(19)22/h5-6,8-9,15H,3-4,7,10-12H2,1-2H3/t15-/m1/s1. The van der Waals surface area contributed by atoms with Gasteiger partial charge in [-0.15, -0.1) is 0 Å². The van der Waals surface area contributed by atoms with Crippen LogP contribution in [-0.4, -0.2) is 52.4 Å². The Morgan fingerprint density at radius 1 is 1.12 bits per heavy atom. The van der Waals surface area contributed by atoms with Gasteiger partial charge in [0.05, 0.1) is 6.04 Å². The molecule has 0 N–H and O–H groups in total. The van der Waals surface area contributed by atoms with E-state index in [2.05, 4.69) is 11.0 Å². The lowest BCUT2D eigenvalue weighted by atomic mass is 9.68. The first-order chi connectivity index (χ1) is 12.1. The summed E-state index contributed by atoms with van der Waals surface area (Å²) in [5.41, 5.74) is 1.22. The van der Waals surface area contributed by atoms with Gasteiger partial charge in [0, 0.05) is 25.3 Å². The number of para-hydroxylation sites is 1. The van der Waals surface area contributed by atoms with Gasteiger partial charge in [-0.05, 0) is 57.0 Å². The van der Waals surface area contributed by atoms with Crippen molar-refractivity contribution in [1.82, 2.24) is 9.80 Å². The number of carbonyl (C=O) groups is 2. The highest BCUT2D eigenvalue weighted by molar-refractivity contribution is 7.80. The van der Waals surface area contributed by atoms with Crippen molar-refractivity contribution in [2.75, 3.05) is 24.5 Å². The quantitative estimate of drug-likeness (QED) is 0.601. The molecule has 3 aliphatic heterocycles. The van der Waals surface area contributed by atoms with Crippen molar-refractivity contribution in [2.24, 2.45) is 5.41 Å². The van der Waals surface area contributed by atoms with E-state index in [9.17, 15) is 9.59 Å². The molecule has 0 aliphatic carbocycles. The normalized spacial score (nSPS) is 24.8. The first-order valence-corrected chi connectivity index (χ1v) is 9.49. The zero-order valence-electron chi connectivity index (χ0n) is 14.7. The smallest absolute Gasteiger partial charge is 0.246 e. The molecule has 2 amide bonds. The van der Waals surface area contributed by atoms with Crippen molar-refractivity contribution in [3.8, 4) is 0 Å². The van der Waals surface area contributed by atoms with Crippen LogP contribution in [0.1, 0.15) is 32.3 Å². The lowest BCUT2D eigenvalue weighted by molar-refractivity contribution is -0.158. The minimum absolute atomic E-state index is 0.0754. The Kier molecular flexibility index (Phi) is 3.83. The fourth-order valence-electron chi connectivity index (χ4n) is 4.81. The van der Waals surface area contributed by atoms with Crippen molar-refractivity contribution in [3.05, 3.63) is 29.8 Å². The largest absolute Gasteiger partial charge is 0.367 e. The first kappa shape index (κ1) is 16.5. The van der Waals surface area contributed by atoms with Gasteiger partial charge < -0.3 is 4.90 Å². The number of rotatable bonds is 2. The minimum atomic E-state index is -1.04. The van der Waals surface area contributed by atoms with E-state index in [1.807, 2.05) is 32.0 Å². The van der Waals surface area contributed by atoms with E-state index in [0.29, 0.717) is 24.6 Å². The van der Waals surface area contributed by atoms with E-state index in [-0.39, 0.29) is 17.9 Å². The molecule has 132 valence electrons. The molecule has 0 bridgehead atoms.